The lowest BCUT2D eigenvalue weighted by Crippen LogP contribution is -2.08. The number of nitrogens with zero attached hydrogens (tertiary/aromatic N) is 2. The fourth-order valence-electron chi connectivity index (χ4n) is 2.40. The first-order valence-electron chi connectivity index (χ1n) is 7.59. The summed E-state index contributed by atoms with van der Waals surface area (Å²) in [5.41, 5.74) is 7.05. The number of hydrogen-bond acceptors (Lipinski definition) is 6. The van der Waals surface area contributed by atoms with E-state index in [-0.39, 0.29) is 17.0 Å². The first kappa shape index (κ1) is 17.0. The maximum absolute atomic E-state index is 11.7. The maximum atomic E-state index is 11.7. The van der Waals surface area contributed by atoms with Gasteiger partial charge in [0.2, 0.25) is 5.91 Å². The molecule has 3 N–H and O–H groups in total. The van der Waals surface area contributed by atoms with Gasteiger partial charge in [-0.15, -0.1) is 0 Å². The molecule has 8 heteroatoms. The third-order valence-corrected chi connectivity index (χ3v) is 4.15. The van der Waals surface area contributed by atoms with Crippen molar-refractivity contribution in [3.63, 3.8) is 0 Å². The number of anilines is 1. The average molecular weight is 356 g/mol. The molecule has 0 aliphatic carbocycles. The Bertz CT molecular complexity index is 937. The first-order chi connectivity index (χ1) is 12.0. The van der Waals surface area contributed by atoms with E-state index in [1.54, 1.807) is 12.1 Å². The Kier molecular flexibility index (Phi) is 4.71. The maximum Gasteiger partial charge on any atom is 0.286 e. The van der Waals surface area contributed by atoms with Crippen LogP contribution in [-0.2, 0) is 9.59 Å². The van der Waals surface area contributed by atoms with E-state index in [9.17, 15) is 9.59 Å². The number of amides is 2. The first-order valence-corrected chi connectivity index (χ1v) is 8.41. The van der Waals surface area contributed by atoms with Gasteiger partial charge in [-0.2, -0.15) is 4.99 Å². The van der Waals surface area contributed by atoms with E-state index in [0.29, 0.717) is 28.6 Å². The summed E-state index contributed by atoms with van der Waals surface area (Å²) >= 11 is 1.14. The second-order valence-corrected chi connectivity index (χ2v) is 6.32. The number of amidine groups is 1. The minimum Gasteiger partial charge on any atom is -0.493 e. The monoisotopic (exact) mass is 356 g/mol. The lowest BCUT2D eigenvalue weighted by Gasteiger charge is -2.11. The molecule has 0 radical (unpaired) electrons. The number of benzene rings is 1. The zero-order valence-corrected chi connectivity index (χ0v) is 14.5. The molecule has 0 saturated carbocycles. The number of nitrogens with two attached hydrogens (primary N) is 1. The Labute approximate surface area is 148 Å². The molecule has 0 bridgehead atoms. The van der Waals surface area contributed by atoms with Crippen molar-refractivity contribution in [2.75, 3.05) is 11.9 Å². The minimum absolute atomic E-state index is 0.204. The van der Waals surface area contributed by atoms with E-state index in [1.807, 2.05) is 25.1 Å². The molecule has 1 aromatic heterocycles. The molecule has 25 heavy (non-hydrogen) atoms. The zero-order valence-electron chi connectivity index (χ0n) is 13.7. The number of aromatic nitrogens is 1. The highest BCUT2D eigenvalue weighted by Crippen LogP contribution is 2.31. The highest BCUT2D eigenvalue weighted by molar-refractivity contribution is 8.18. The minimum atomic E-state index is -0.341. The smallest absolute Gasteiger partial charge is 0.286 e. The molecular formula is C17H16N4O3S. The number of carbonyl (C=O) groups is 2. The molecule has 3 rings (SSSR count). The van der Waals surface area contributed by atoms with Gasteiger partial charge in [-0.1, -0.05) is 6.07 Å². The molecule has 0 saturated heterocycles. The average Bonchev–Trinajstić information content (AvgIpc) is 2.85. The van der Waals surface area contributed by atoms with Crippen LogP contribution in [0.1, 0.15) is 19.4 Å². The summed E-state index contributed by atoms with van der Waals surface area (Å²) in [6.07, 6.45) is 1.73. The van der Waals surface area contributed by atoms with E-state index in [4.69, 9.17) is 10.5 Å². The van der Waals surface area contributed by atoms with Crippen molar-refractivity contribution in [2.45, 2.75) is 13.8 Å². The highest BCUT2D eigenvalue weighted by Gasteiger charge is 2.19. The summed E-state index contributed by atoms with van der Waals surface area (Å²) in [5, 5.41) is 3.69. The molecule has 0 unspecified atom stereocenters. The molecule has 2 heterocycles. The Hall–Kier alpha value is -2.87. The Morgan fingerprint density at radius 2 is 2.20 bits per heavy atom. The van der Waals surface area contributed by atoms with Gasteiger partial charge in [-0.05, 0) is 42.5 Å². The summed E-state index contributed by atoms with van der Waals surface area (Å²) in [5.74, 6) is 0.492. The van der Waals surface area contributed by atoms with Crippen LogP contribution in [0.2, 0.25) is 0 Å². The number of ether oxygens (including phenoxy) is 1. The molecule has 2 amide bonds. The molecule has 0 fully saturated rings. The van der Waals surface area contributed by atoms with E-state index in [2.05, 4.69) is 15.3 Å². The van der Waals surface area contributed by atoms with Crippen LogP contribution >= 0.6 is 11.8 Å². The van der Waals surface area contributed by atoms with Crippen LogP contribution in [0.25, 0.3) is 17.0 Å². The van der Waals surface area contributed by atoms with E-state index in [1.165, 1.54) is 6.92 Å². The van der Waals surface area contributed by atoms with Crippen LogP contribution in [0.5, 0.6) is 5.75 Å². The Morgan fingerprint density at radius 1 is 1.40 bits per heavy atom. The van der Waals surface area contributed by atoms with Crippen LogP contribution in [0, 0.1) is 0 Å². The molecular weight excluding hydrogens is 340 g/mol. The lowest BCUT2D eigenvalue weighted by molar-refractivity contribution is -0.114. The number of thioether (sulfide) groups is 1. The van der Waals surface area contributed by atoms with Crippen LogP contribution in [0.3, 0.4) is 0 Å². The quantitative estimate of drug-likeness (QED) is 0.815. The van der Waals surface area contributed by atoms with E-state index < -0.39 is 0 Å². The normalized spacial score (nSPS) is 15.5. The molecule has 128 valence electrons. The molecule has 1 aliphatic heterocycles. The van der Waals surface area contributed by atoms with Gasteiger partial charge >= 0.3 is 0 Å². The van der Waals surface area contributed by atoms with Gasteiger partial charge in [-0.3, -0.25) is 9.59 Å². The van der Waals surface area contributed by atoms with Gasteiger partial charge in [0, 0.05) is 18.4 Å². The second-order valence-electron chi connectivity index (χ2n) is 5.26. The van der Waals surface area contributed by atoms with Gasteiger partial charge in [0.25, 0.3) is 5.91 Å². The number of rotatable bonds is 4. The van der Waals surface area contributed by atoms with Crippen LogP contribution in [-0.4, -0.2) is 28.6 Å². The number of carbonyl (C=O) groups excluding carboxylic acids is 2. The number of aliphatic imine (C=N–C) groups is 1. The topological polar surface area (TPSA) is 107 Å². The molecule has 0 spiro atoms. The molecule has 1 aromatic carbocycles. The summed E-state index contributed by atoms with van der Waals surface area (Å²) in [6.45, 7) is 3.78. The fourth-order valence-corrected chi connectivity index (χ4v) is 3.08. The van der Waals surface area contributed by atoms with Crippen molar-refractivity contribution in [3.05, 3.63) is 34.7 Å². The second kappa shape index (κ2) is 6.94. The summed E-state index contributed by atoms with van der Waals surface area (Å²) < 4.78 is 5.68. The molecule has 1 aliphatic rings. The summed E-state index contributed by atoms with van der Waals surface area (Å²) in [7, 11) is 0. The third-order valence-electron chi connectivity index (χ3n) is 3.33. The van der Waals surface area contributed by atoms with Gasteiger partial charge in [-0.25, -0.2) is 4.98 Å². The number of pyridine rings is 1. The highest BCUT2D eigenvalue weighted by atomic mass is 32.2. The van der Waals surface area contributed by atoms with Crippen molar-refractivity contribution < 1.29 is 14.3 Å². The van der Waals surface area contributed by atoms with Gasteiger partial charge < -0.3 is 15.8 Å². The number of fused-ring (bicyclic) bond motifs is 1. The van der Waals surface area contributed by atoms with Gasteiger partial charge in [0.1, 0.15) is 11.6 Å². The third kappa shape index (κ3) is 3.80. The Morgan fingerprint density at radius 3 is 2.84 bits per heavy atom. The standard InChI is InChI=1S/C17H16N4O3S/c1-3-24-13-8-15(19-9(2)22)20-12-5-4-10(6-11(12)13)7-14-16(23)21-17(18)25-14/h4-8H,3H2,1-2H3,(H2,18,21,23)(H,19,20,22)/b14-7+. The Balaban J connectivity index is 2.04. The van der Waals surface area contributed by atoms with Crippen molar-refractivity contribution in [1.29, 1.82) is 0 Å². The summed E-state index contributed by atoms with van der Waals surface area (Å²) in [6, 6.07) is 7.20. The van der Waals surface area contributed by atoms with Crippen molar-refractivity contribution in [2.24, 2.45) is 10.7 Å². The van der Waals surface area contributed by atoms with E-state index in [0.717, 1.165) is 22.7 Å². The lowest BCUT2D eigenvalue weighted by atomic mass is 10.1. The number of hydrogen-bond donors (Lipinski definition) is 2. The molecule has 0 atom stereocenters. The van der Waals surface area contributed by atoms with Crippen molar-refractivity contribution in [1.82, 2.24) is 4.98 Å². The largest absolute Gasteiger partial charge is 0.493 e. The predicted molar refractivity (Wildman–Crippen MR) is 99.4 cm³/mol. The zero-order chi connectivity index (χ0) is 18.0. The van der Waals surface area contributed by atoms with Gasteiger partial charge in [0.15, 0.2) is 5.17 Å². The summed E-state index contributed by atoms with van der Waals surface area (Å²) in [4.78, 5) is 31.6. The predicted octanol–water partition coefficient (Wildman–Crippen LogP) is 2.52. The SMILES string of the molecule is CCOc1cc(NC(C)=O)nc2ccc(/C=C3/SC(N)=NC3=O)cc12. The molecule has 7 nitrogen and oxygen atoms in total. The van der Waals surface area contributed by atoms with Crippen LogP contribution in [0.4, 0.5) is 5.82 Å². The van der Waals surface area contributed by atoms with Crippen molar-refractivity contribution >= 4 is 51.5 Å². The van der Waals surface area contributed by atoms with Crippen molar-refractivity contribution in [3.8, 4) is 5.75 Å². The van der Waals surface area contributed by atoms with Crippen LogP contribution in [0.15, 0.2) is 34.2 Å². The fraction of sp³-hybridized carbons (Fsp3) is 0.176. The van der Waals surface area contributed by atoms with Gasteiger partial charge in [0.05, 0.1) is 17.0 Å². The number of nitrogens with one attached hydrogen (secondary N) is 1. The molecule has 2 aromatic rings. The van der Waals surface area contributed by atoms with E-state index >= 15 is 0 Å². The van der Waals surface area contributed by atoms with Crippen LogP contribution < -0.4 is 15.8 Å².